The molecule has 0 aliphatic carbocycles. The van der Waals surface area contributed by atoms with Crippen molar-refractivity contribution in [2.24, 2.45) is 0 Å². The van der Waals surface area contributed by atoms with Crippen LogP contribution in [0.2, 0.25) is 0 Å². The lowest BCUT2D eigenvalue weighted by atomic mass is 10.1. The maximum Gasteiger partial charge on any atom is 0.166 e. The van der Waals surface area contributed by atoms with Crippen LogP contribution in [0.15, 0.2) is 24.5 Å². The maximum absolute atomic E-state index is 14.6. The SMILES string of the molecule is CC(C)n1c(-c2c(O)cccc2F)nc2c(N3CCNC[C@@H]3C)ncnc21. The topological polar surface area (TPSA) is 79.1 Å². The Balaban J connectivity index is 1.98. The number of piperazine rings is 1. The average molecular weight is 370 g/mol. The third-order valence-corrected chi connectivity index (χ3v) is 4.96. The van der Waals surface area contributed by atoms with Crippen LogP contribution in [0, 0.1) is 5.82 Å². The number of phenols is 1. The van der Waals surface area contributed by atoms with Crippen LogP contribution in [-0.4, -0.2) is 50.3 Å². The highest BCUT2D eigenvalue weighted by Gasteiger charge is 2.27. The normalized spacial score (nSPS) is 17.8. The van der Waals surface area contributed by atoms with E-state index in [9.17, 15) is 9.50 Å². The zero-order chi connectivity index (χ0) is 19.1. The number of aromatic hydroxyl groups is 1. The summed E-state index contributed by atoms with van der Waals surface area (Å²) in [7, 11) is 0. The van der Waals surface area contributed by atoms with Gasteiger partial charge in [-0.2, -0.15) is 0 Å². The first kappa shape index (κ1) is 17.7. The van der Waals surface area contributed by atoms with Gasteiger partial charge in [0.1, 0.15) is 23.7 Å². The first-order valence-electron chi connectivity index (χ1n) is 9.17. The molecule has 0 bridgehead atoms. The van der Waals surface area contributed by atoms with Crippen molar-refractivity contribution >= 4 is 17.0 Å². The summed E-state index contributed by atoms with van der Waals surface area (Å²) < 4.78 is 16.4. The summed E-state index contributed by atoms with van der Waals surface area (Å²) in [6, 6.07) is 4.50. The Kier molecular flexibility index (Phi) is 4.43. The molecule has 142 valence electrons. The summed E-state index contributed by atoms with van der Waals surface area (Å²) >= 11 is 0. The summed E-state index contributed by atoms with van der Waals surface area (Å²) in [6.07, 6.45) is 1.53. The second kappa shape index (κ2) is 6.77. The molecule has 0 radical (unpaired) electrons. The molecule has 0 amide bonds. The van der Waals surface area contributed by atoms with Crippen molar-refractivity contribution < 1.29 is 9.50 Å². The van der Waals surface area contributed by atoms with Gasteiger partial charge < -0.3 is 19.9 Å². The standard InChI is InChI=1S/C19H23FN6O/c1-11(2)26-17(15-13(20)5-4-6-14(15)27)24-16-18(22-10-23-19(16)26)25-8-7-21-9-12(25)3/h4-6,10-12,21,27H,7-9H2,1-3H3/t12-/m0/s1. The van der Waals surface area contributed by atoms with E-state index in [0.717, 1.165) is 25.5 Å². The molecule has 4 rings (SSSR count). The average Bonchev–Trinajstić information content (AvgIpc) is 3.01. The number of hydrogen-bond acceptors (Lipinski definition) is 6. The molecule has 1 aliphatic heterocycles. The molecule has 0 spiro atoms. The predicted molar refractivity (Wildman–Crippen MR) is 102 cm³/mol. The highest BCUT2D eigenvalue weighted by atomic mass is 19.1. The Labute approximate surface area is 156 Å². The fourth-order valence-electron chi connectivity index (χ4n) is 3.66. The first-order chi connectivity index (χ1) is 13.0. The molecule has 1 fully saturated rings. The van der Waals surface area contributed by atoms with Crippen molar-refractivity contribution in [3.05, 3.63) is 30.3 Å². The lowest BCUT2D eigenvalue weighted by Gasteiger charge is -2.34. The van der Waals surface area contributed by atoms with E-state index in [1.54, 1.807) is 0 Å². The third-order valence-electron chi connectivity index (χ3n) is 4.96. The van der Waals surface area contributed by atoms with Crippen molar-refractivity contribution in [2.75, 3.05) is 24.5 Å². The molecule has 1 aliphatic rings. The summed E-state index contributed by atoms with van der Waals surface area (Å²) in [5.74, 6) is 0.445. The van der Waals surface area contributed by atoms with Crippen molar-refractivity contribution in [3.8, 4) is 17.1 Å². The van der Waals surface area contributed by atoms with Crippen LogP contribution in [0.25, 0.3) is 22.6 Å². The quantitative estimate of drug-likeness (QED) is 0.738. The Morgan fingerprint density at radius 1 is 1.30 bits per heavy atom. The predicted octanol–water partition coefficient (Wildman–Crippen LogP) is 2.72. The van der Waals surface area contributed by atoms with Gasteiger partial charge in [-0.25, -0.2) is 19.3 Å². The number of halogens is 1. The van der Waals surface area contributed by atoms with E-state index in [1.807, 2.05) is 18.4 Å². The molecule has 2 aromatic heterocycles. The van der Waals surface area contributed by atoms with Gasteiger partial charge in [-0.15, -0.1) is 0 Å². The largest absolute Gasteiger partial charge is 0.507 e. The monoisotopic (exact) mass is 370 g/mol. The number of rotatable bonds is 3. The van der Waals surface area contributed by atoms with Gasteiger partial charge in [-0.3, -0.25) is 0 Å². The minimum absolute atomic E-state index is 0.0211. The van der Waals surface area contributed by atoms with E-state index >= 15 is 0 Å². The van der Waals surface area contributed by atoms with Gasteiger partial charge in [0.15, 0.2) is 17.0 Å². The molecule has 2 N–H and O–H groups in total. The van der Waals surface area contributed by atoms with Gasteiger partial charge >= 0.3 is 0 Å². The highest BCUT2D eigenvalue weighted by Crippen LogP contribution is 2.36. The van der Waals surface area contributed by atoms with Gasteiger partial charge in [0, 0.05) is 31.7 Å². The Morgan fingerprint density at radius 2 is 2.11 bits per heavy atom. The lowest BCUT2D eigenvalue weighted by molar-refractivity contribution is 0.470. The van der Waals surface area contributed by atoms with Gasteiger partial charge in [-0.05, 0) is 32.9 Å². The number of aromatic nitrogens is 4. The molecule has 0 saturated carbocycles. The van der Waals surface area contributed by atoms with Crippen LogP contribution in [0.1, 0.15) is 26.8 Å². The molecule has 8 heteroatoms. The Morgan fingerprint density at radius 3 is 2.81 bits per heavy atom. The van der Waals surface area contributed by atoms with E-state index in [4.69, 9.17) is 4.98 Å². The van der Waals surface area contributed by atoms with Crippen LogP contribution in [0.4, 0.5) is 10.2 Å². The fraction of sp³-hybridized carbons (Fsp3) is 0.421. The summed E-state index contributed by atoms with van der Waals surface area (Å²) in [5.41, 5.74) is 1.35. The van der Waals surface area contributed by atoms with E-state index in [2.05, 4.69) is 27.1 Å². The van der Waals surface area contributed by atoms with Crippen LogP contribution in [0.3, 0.4) is 0 Å². The number of fused-ring (bicyclic) bond motifs is 1. The van der Waals surface area contributed by atoms with E-state index in [1.165, 1.54) is 24.5 Å². The highest BCUT2D eigenvalue weighted by molar-refractivity contribution is 5.88. The Bertz CT molecular complexity index is 965. The fourth-order valence-corrected chi connectivity index (χ4v) is 3.66. The molecule has 0 unspecified atom stereocenters. The van der Waals surface area contributed by atoms with E-state index in [0.29, 0.717) is 17.0 Å². The molecular formula is C19H23FN6O. The summed E-state index contributed by atoms with van der Waals surface area (Å²) in [5, 5.41) is 13.7. The number of phenolic OH excluding ortho intramolecular Hbond substituents is 1. The number of anilines is 1. The summed E-state index contributed by atoms with van der Waals surface area (Å²) in [4.78, 5) is 15.8. The van der Waals surface area contributed by atoms with Gasteiger partial charge in [0.05, 0.1) is 5.56 Å². The zero-order valence-electron chi connectivity index (χ0n) is 15.6. The number of hydrogen-bond donors (Lipinski definition) is 2. The molecule has 1 atom stereocenters. The molecule has 1 aromatic carbocycles. The molecule has 3 heterocycles. The van der Waals surface area contributed by atoms with Crippen molar-refractivity contribution in [1.29, 1.82) is 0 Å². The smallest absolute Gasteiger partial charge is 0.166 e. The van der Waals surface area contributed by atoms with Crippen molar-refractivity contribution in [1.82, 2.24) is 24.8 Å². The Hall–Kier alpha value is -2.74. The van der Waals surface area contributed by atoms with Gasteiger partial charge in [0.2, 0.25) is 0 Å². The van der Waals surface area contributed by atoms with Crippen LogP contribution in [-0.2, 0) is 0 Å². The number of benzene rings is 1. The summed E-state index contributed by atoms with van der Waals surface area (Å²) in [6.45, 7) is 8.62. The number of imidazole rings is 1. The molecular weight excluding hydrogens is 347 g/mol. The first-order valence-corrected chi connectivity index (χ1v) is 9.17. The number of nitrogens with one attached hydrogen (secondary N) is 1. The third kappa shape index (κ3) is 2.90. The molecule has 7 nitrogen and oxygen atoms in total. The molecule has 3 aromatic rings. The van der Waals surface area contributed by atoms with Crippen LogP contribution >= 0.6 is 0 Å². The molecule has 27 heavy (non-hydrogen) atoms. The van der Waals surface area contributed by atoms with Crippen molar-refractivity contribution in [3.63, 3.8) is 0 Å². The zero-order valence-corrected chi connectivity index (χ0v) is 15.6. The lowest BCUT2D eigenvalue weighted by Crippen LogP contribution is -2.50. The second-order valence-corrected chi connectivity index (χ2v) is 7.15. The van der Waals surface area contributed by atoms with Gasteiger partial charge in [0.25, 0.3) is 0 Å². The van der Waals surface area contributed by atoms with E-state index in [-0.39, 0.29) is 23.4 Å². The number of nitrogens with zero attached hydrogens (tertiary/aromatic N) is 5. The van der Waals surface area contributed by atoms with Crippen LogP contribution < -0.4 is 10.2 Å². The maximum atomic E-state index is 14.6. The minimum atomic E-state index is -0.516. The van der Waals surface area contributed by atoms with Crippen LogP contribution in [0.5, 0.6) is 5.75 Å². The van der Waals surface area contributed by atoms with Gasteiger partial charge in [-0.1, -0.05) is 6.07 Å². The van der Waals surface area contributed by atoms with E-state index < -0.39 is 5.82 Å². The second-order valence-electron chi connectivity index (χ2n) is 7.15. The molecule has 1 saturated heterocycles. The van der Waals surface area contributed by atoms with Crippen molar-refractivity contribution in [2.45, 2.75) is 32.9 Å². The minimum Gasteiger partial charge on any atom is -0.507 e.